The molecule has 2 aliphatic heterocycles. The number of anilines is 1. The van der Waals surface area contributed by atoms with Gasteiger partial charge in [-0.2, -0.15) is 0 Å². The lowest BCUT2D eigenvalue weighted by Crippen LogP contribution is -2.50. The third-order valence-electron chi connectivity index (χ3n) is 6.07. The number of nitrogens with zero attached hydrogens (tertiary/aromatic N) is 2. The number of hydrogen-bond donors (Lipinski definition) is 1. The Balaban J connectivity index is 1.32. The number of carbonyl (C=O) groups is 1. The first-order chi connectivity index (χ1) is 15.9. The van der Waals surface area contributed by atoms with Gasteiger partial charge in [0, 0.05) is 31.2 Å². The smallest absolute Gasteiger partial charge is 0.275 e. The second-order valence-electron chi connectivity index (χ2n) is 8.32. The summed E-state index contributed by atoms with van der Waals surface area (Å²) in [5, 5.41) is 1.67. The number of sulfonamides is 1. The molecule has 0 radical (unpaired) electrons. The van der Waals surface area contributed by atoms with Crippen molar-refractivity contribution in [1.29, 1.82) is 0 Å². The van der Waals surface area contributed by atoms with Crippen LogP contribution in [0.5, 0.6) is 5.75 Å². The SMILES string of the molecule is O=C(COc1ccccc1)N1C[C@@H]2C[C@H](C1)c1ccc(NS(=O)(=O)c3cccs3)c(=O)n1C2. The fraction of sp³-hybridized carbons (Fsp3) is 0.304. The number of hydrogen-bond acceptors (Lipinski definition) is 6. The molecule has 1 saturated heterocycles. The number of ether oxygens (including phenoxy) is 1. The maximum Gasteiger partial charge on any atom is 0.275 e. The van der Waals surface area contributed by atoms with E-state index in [1.807, 2.05) is 35.2 Å². The van der Waals surface area contributed by atoms with Gasteiger partial charge < -0.3 is 14.2 Å². The lowest BCUT2D eigenvalue weighted by molar-refractivity contribution is -0.136. The van der Waals surface area contributed by atoms with Crippen molar-refractivity contribution in [3.63, 3.8) is 0 Å². The number of pyridine rings is 1. The standard InChI is InChI=1S/C23H23N3O5S2/c27-21(15-31-18-5-2-1-3-6-18)25-12-16-11-17(14-25)20-9-8-19(23(28)26(20)13-16)24-33(29,30)22-7-4-10-32-22/h1-10,16-17,24H,11-15H2/t16-,17+/m0/s1. The molecule has 5 rings (SSSR count). The van der Waals surface area contributed by atoms with Crippen molar-refractivity contribution in [2.24, 2.45) is 5.92 Å². The van der Waals surface area contributed by atoms with E-state index in [1.165, 1.54) is 12.1 Å². The largest absolute Gasteiger partial charge is 0.484 e. The number of amides is 1. The van der Waals surface area contributed by atoms with E-state index in [0.29, 0.717) is 25.4 Å². The van der Waals surface area contributed by atoms with E-state index in [9.17, 15) is 18.0 Å². The summed E-state index contributed by atoms with van der Waals surface area (Å²) in [6.45, 7) is 1.47. The molecule has 4 heterocycles. The Morgan fingerprint density at radius 2 is 1.88 bits per heavy atom. The topological polar surface area (TPSA) is 97.7 Å². The van der Waals surface area contributed by atoms with Gasteiger partial charge in [0.1, 0.15) is 15.6 Å². The monoisotopic (exact) mass is 485 g/mol. The van der Waals surface area contributed by atoms with Gasteiger partial charge in [-0.15, -0.1) is 11.3 Å². The number of likely N-dealkylation sites (tertiary alicyclic amines) is 1. The molecule has 8 nitrogen and oxygen atoms in total. The van der Waals surface area contributed by atoms with E-state index in [4.69, 9.17) is 4.74 Å². The molecular formula is C23H23N3O5S2. The summed E-state index contributed by atoms with van der Waals surface area (Å²) in [4.78, 5) is 27.7. The quantitative estimate of drug-likeness (QED) is 0.579. The number of piperidine rings is 1. The van der Waals surface area contributed by atoms with Gasteiger partial charge in [0.05, 0.1) is 0 Å². The third-order valence-corrected chi connectivity index (χ3v) is 8.83. The average molecular weight is 486 g/mol. The van der Waals surface area contributed by atoms with Crippen molar-refractivity contribution in [2.45, 2.75) is 23.1 Å². The van der Waals surface area contributed by atoms with Gasteiger partial charge in [-0.3, -0.25) is 14.3 Å². The lowest BCUT2D eigenvalue weighted by atomic mass is 9.83. The molecule has 0 saturated carbocycles. The minimum Gasteiger partial charge on any atom is -0.484 e. The highest BCUT2D eigenvalue weighted by molar-refractivity contribution is 7.94. The number of fused-ring (bicyclic) bond motifs is 4. The summed E-state index contributed by atoms with van der Waals surface area (Å²) in [6.07, 6.45) is 0.892. The van der Waals surface area contributed by atoms with Gasteiger partial charge >= 0.3 is 0 Å². The highest BCUT2D eigenvalue weighted by Gasteiger charge is 2.37. The van der Waals surface area contributed by atoms with E-state index in [-0.39, 0.29) is 39.8 Å². The van der Waals surface area contributed by atoms with Gasteiger partial charge in [0.25, 0.3) is 21.5 Å². The first-order valence-corrected chi connectivity index (χ1v) is 13.0. The van der Waals surface area contributed by atoms with Crippen molar-refractivity contribution in [3.05, 3.63) is 76.0 Å². The fourth-order valence-corrected chi connectivity index (χ4v) is 6.64. The molecule has 0 spiro atoms. The Hall–Kier alpha value is -3.11. The number of nitrogens with one attached hydrogen (secondary N) is 1. The highest BCUT2D eigenvalue weighted by Crippen LogP contribution is 2.35. The molecule has 0 unspecified atom stereocenters. The predicted molar refractivity (Wildman–Crippen MR) is 125 cm³/mol. The van der Waals surface area contributed by atoms with Crippen molar-refractivity contribution in [3.8, 4) is 5.75 Å². The van der Waals surface area contributed by atoms with Crippen LogP contribution in [0.25, 0.3) is 0 Å². The van der Waals surface area contributed by atoms with E-state index in [1.54, 1.807) is 22.1 Å². The zero-order valence-electron chi connectivity index (χ0n) is 17.7. The van der Waals surface area contributed by atoms with Gasteiger partial charge in [-0.1, -0.05) is 24.3 Å². The minimum absolute atomic E-state index is 0.0221. The second-order valence-corrected chi connectivity index (χ2v) is 11.2. The zero-order chi connectivity index (χ0) is 23.0. The van der Waals surface area contributed by atoms with Crippen LogP contribution >= 0.6 is 11.3 Å². The van der Waals surface area contributed by atoms with Gasteiger partial charge in [0.15, 0.2) is 6.61 Å². The van der Waals surface area contributed by atoms with Gasteiger partial charge in [-0.05, 0) is 48.1 Å². The number of benzene rings is 1. The molecule has 10 heteroatoms. The van der Waals surface area contributed by atoms with Crippen molar-refractivity contribution in [1.82, 2.24) is 9.47 Å². The lowest BCUT2D eigenvalue weighted by Gasteiger charge is -2.42. The number of para-hydroxylation sites is 1. The fourth-order valence-electron chi connectivity index (χ4n) is 4.59. The molecule has 1 fully saturated rings. The molecule has 2 bridgehead atoms. The highest BCUT2D eigenvalue weighted by atomic mass is 32.2. The third kappa shape index (κ3) is 4.40. The van der Waals surface area contributed by atoms with Crippen molar-refractivity contribution >= 4 is 33.0 Å². The van der Waals surface area contributed by atoms with Crippen LogP contribution in [0.4, 0.5) is 5.69 Å². The number of aromatic nitrogens is 1. The van der Waals surface area contributed by atoms with Crippen molar-refractivity contribution < 1.29 is 17.9 Å². The maximum absolute atomic E-state index is 13.1. The molecule has 3 aromatic rings. The normalized spacial score (nSPS) is 19.6. The van der Waals surface area contributed by atoms with E-state index in [2.05, 4.69) is 4.72 Å². The zero-order valence-corrected chi connectivity index (χ0v) is 19.3. The minimum atomic E-state index is -3.80. The molecule has 2 atom stereocenters. The molecular weight excluding hydrogens is 462 g/mol. The maximum atomic E-state index is 13.1. The number of thiophene rings is 1. The van der Waals surface area contributed by atoms with Crippen LogP contribution in [0, 0.1) is 5.92 Å². The van der Waals surface area contributed by atoms with Gasteiger partial charge in [0.2, 0.25) is 0 Å². The molecule has 1 amide bonds. The summed E-state index contributed by atoms with van der Waals surface area (Å²) in [5.74, 6) is 0.717. The summed E-state index contributed by atoms with van der Waals surface area (Å²) in [7, 11) is -3.80. The van der Waals surface area contributed by atoms with E-state index >= 15 is 0 Å². The Labute approximate surface area is 195 Å². The van der Waals surface area contributed by atoms with Crippen molar-refractivity contribution in [2.75, 3.05) is 24.4 Å². The Kier molecular flexibility index (Phi) is 5.71. The van der Waals surface area contributed by atoms with E-state index < -0.39 is 10.0 Å². The molecule has 1 aromatic carbocycles. The van der Waals surface area contributed by atoms with Crippen LogP contribution < -0.4 is 15.0 Å². The molecule has 0 aliphatic carbocycles. The summed E-state index contributed by atoms with van der Waals surface area (Å²) < 4.78 is 35.0. The predicted octanol–water partition coefficient (Wildman–Crippen LogP) is 2.74. The Bertz CT molecular complexity index is 1320. The summed E-state index contributed by atoms with van der Waals surface area (Å²) in [5.41, 5.74) is 0.516. The van der Waals surface area contributed by atoms with Gasteiger partial charge in [-0.25, -0.2) is 8.42 Å². The molecule has 33 heavy (non-hydrogen) atoms. The van der Waals surface area contributed by atoms with E-state index in [0.717, 1.165) is 23.5 Å². The number of rotatable bonds is 6. The first-order valence-electron chi connectivity index (χ1n) is 10.7. The summed E-state index contributed by atoms with van der Waals surface area (Å²) in [6, 6.07) is 15.7. The molecule has 2 aliphatic rings. The molecule has 172 valence electrons. The average Bonchev–Trinajstić information content (AvgIpc) is 3.36. The molecule has 1 N–H and O–H groups in total. The first kappa shape index (κ1) is 21.7. The Morgan fingerprint density at radius 1 is 1.06 bits per heavy atom. The number of carbonyl (C=O) groups excluding carboxylic acids is 1. The van der Waals surface area contributed by atoms with Crippen LogP contribution in [0.3, 0.4) is 0 Å². The molecule has 2 aromatic heterocycles. The van der Waals surface area contributed by atoms with Crippen LogP contribution in [0.2, 0.25) is 0 Å². The Morgan fingerprint density at radius 3 is 2.64 bits per heavy atom. The van der Waals surface area contributed by atoms with Crippen LogP contribution in [0.15, 0.2) is 69.0 Å². The summed E-state index contributed by atoms with van der Waals surface area (Å²) >= 11 is 1.10. The second kappa shape index (κ2) is 8.68. The van der Waals surface area contributed by atoms with Crippen LogP contribution in [-0.4, -0.2) is 43.5 Å². The van der Waals surface area contributed by atoms with Crippen LogP contribution in [-0.2, 0) is 21.4 Å². The van der Waals surface area contributed by atoms with Crippen LogP contribution in [0.1, 0.15) is 18.0 Å².